The Balaban J connectivity index is 1.54. The van der Waals surface area contributed by atoms with Crippen LogP contribution in [0.15, 0.2) is 53.4 Å². The molecule has 9 nitrogen and oxygen atoms in total. The predicted molar refractivity (Wildman–Crippen MR) is 128 cm³/mol. The number of benzene rings is 2. The summed E-state index contributed by atoms with van der Waals surface area (Å²) in [5.41, 5.74) is -0.708. The number of anilines is 1. The zero-order valence-electron chi connectivity index (χ0n) is 20.1. The van der Waals surface area contributed by atoms with Crippen LogP contribution in [0.1, 0.15) is 18.4 Å². The van der Waals surface area contributed by atoms with Crippen LogP contribution in [-0.2, 0) is 25.7 Å². The van der Waals surface area contributed by atoms with Crippen molar-refractivity contribution in [2.45, 2.75) is 36.1 Å². The first-order chi connectivity index (χ1) is 17.9. The van der Waals surface area contributed by atoms with Gasteiger partial charge in [0, 0.05) is 38.5 Å². The second kappa shape index (κ2) is 11.3. The fourth-order valence-corrected chi connectivity index (χ4v) is 5.85. The van der Waals surface area contributed by atoms with Gasteiger partial charge in [0.1, 0.15) is 11.9 Å². The average molecular weight is 559 g/mol. The van der Waals surface area contributed by atoms with E-state index in [0.29, 0.717) is 24.4 Å². The molecule has 2 heterocycles. The van der Waals surface area contributed by atoms with Crippen molar-refractivity contribution in [1.29, 1.82) is 0 Å². The molecule has 0 saturated carbocycles. The van der Waals surface area contributed by atoms with Gasteiger partial charge in [0.2, 0.25) is 15.9 Å². The number of nitrogens with one attached hydrogen (secondary N) is 2. The Labute approximate surface area is 216 Å². The van der Waals surface area contributed by atoms with Gasteiger partial charge in [0.25, 0.3) is 0 Å². The van der Waals surface area contributed by atoms with Crippen LogP contribution in [-0.4, -0.2) is 74.5 Å². The van der Waals surface area contributed by atoms with E-state index in [4.69, 9.17) is 4.74 Å². The molecule has 2 N–H and O–H groups in total. The van der Waals surface area contributed by atoms with Crippen LogP contribution in [0, 0.1) is 5.82 Å². The highest BCUT2D eigenvalue weighted by Crippen LogP contribution is 2.31. The van der Waals surface area contributed by atoms with E-state index in [1.807, 2.05) is 0 Å². The number of halogens is 4. The zero-order chi connectivity index (χ0) is 27.5. The molecule has 0 aliphatic carbocycles. The molecule has 38 heavy (non-hydrogen) atoms. The number of urea groups is 1. The molecule has 2 atom stereocenters. The number of nitrogens with zero attached hydrogens (tertiary/aromatic N) is 2. The average Bonchev–Trinajstić information content (AvgIpc) is 3.41. The highest BCUT2D eigenvalue weighted by atomic mass is 32.2. The minimum Gasteiger partial charge on any atom is -0.376 e. The molecule has 206 valence electrons. The van der Waals surface area contributed by atoms with Gasteiger partial charge in [-0.25, -0.2) is 17.6 Å². The van der Waals surface area contributed by atoms with E-state index < -0.39 is 50.5 Å². The molecule has 2 fully saturated rings. The third-order valence-electron chi connectivity index (χ3n) is 6.33. The fraction of sp³-hybridized carbons (Fsp3) is 0.417. The lowest BCUT2D eigenvalue weighted by Crippen LogP contribution is -2.62. The maximum Gasteiger partial charge on any atom is 0.416 e. The lowest BCUT2D eigenvalue weighted by molar-refractivity contribution is -0.137. The first-order valence-electron chi connectivity index (χ1n) is 11.8. The minimum atomic E-state index is -4.64. The molecule has 0 radical (unpaired) electrons. The van der Waals surface area contributed by atoms with Gasteiger partial charge in [0.05, 0.1) is 16.6 Å². The van der Waals surface area contributed by atoms with Gasteiger partial charge in [-0.3, -0.25) is 4.79 Å². The largest absolute Gasteiger partial charge is 0.416 e. The third kappa shape index (κ3) is 6.42. The monoisotopic (exact) mass is 558 g/mol. The number of hydrogen-bond donors (Lipinski definition) is 2. The SMILES string of the molecule is O=C(NCC1CCCO1)C1CN(C(=O)Nc2ccc(F)cc2)CCN1S(=O)(=O)c1ccc(C(F)(F)F)cc1. The van der Waals surface area contributed by atoms with E-state index >= 15 is 0 Å². The van der Waals surface area contributed by atoms with Gasteiger partial charge < -0.3 is 20.3 Å². The fourth-order valence-electron chi connectivity index (χ4n) is 4.28. The van der Waals surface area contributed by atoms with Crippen molar-refractivity contribution >= 4 is 27.6 Å². The van der Waals surface area contributed by atoms with Crippen LogP contribution in [0.2, 0.25) is 0 Å². The van der Waals surface area contributed by atoms with E-state index in [-0.39, 0.29) is 32.3 Å². The Morgan fingerprint density at radius 3 is 2.32 bits per heavy atom. The van der Waals surface area contributed by atoms with Crippen molar-refractivity contribution in [3.05, 3.63) is 59.9 Å². The summed E-state index contributed by atoms with van der Waals surface area (Å²) in [4.78, 5) is 26.8. The van der Waals surface area contributed by atoms with Crippen LogP contribution in [0.4, 0.5) is 28.0 Å². The number of hydrogen-bond acceptors (Lipinski definition) is 5. The zero-order valence-corrected chi connectivity index (χ0v) is 20.9. The molecule has 0 spiro atoms. The van der Waals surface area contributed by atoms with Gasteiger partial charge in [-0.1, -0.05) is 0 Å². The summed E-state index contributed by atoms with van der Waals surface area (Å²) in [5, 5.41) is 5.25. The van der Waals surface area contributed by atoms with Crippen molar-refractivity contribution < 1.29 is 40.3 Å². The Morgan fingerprint density at radius 1 is 1.03 bits per heavy atom. The smallest absolute Gasteiger partial charge is 0.376 e. The summed E-state index contributed by atoms with van der Waals surface area (Å²) in [7, 11) is -4.39. The van der Waals surface area contributed by atoms with Crippen molar-refractivity contribution in [3.63, 3.8) is 0 Å². The van der Waals surface area contributed by atoms with Crippen molar-refractivity contribution in [2.24, 2.45) is 0 Å². The van der Waals surface area contributed by atoms with Crippen molar-refractivity contribution in [1.82, 2.24) is 14.5 Å². The van der Waals surface area contributed by atoms with E-state index in [1.165, 1.54) is 17.0 Å². The van der Waals surface area contributed by atoms with E-state index in [9.17, 15) is 35.6 Å². The Kier molecular flexibility index (Phi) is 8.23. The molecule has 2 aliphatic rings. The summed E-state index contributed by atoms with van der Waals surface area (Å²) in [6, 6.07) is 6.04. The second-order valence-electron chi connectivity index (χ2n) is 8.92. The van der Waals surface area contributed by atoms with E-state index in [1.54, 1.807) is 0 Å². The van der Waals surface area contributed by atoms with Crippen LogP contribution in [0.3, 0.4) is 0 Å². The van der Waals surface area contributed by atoms with Gasteiger partial charge in [-0.15, -0.1) is 0 Å². The maximum atomic E-state index is 13.4. The van der Waals surface area contributed by atoms with Crippen molar-refractivity contribution in [3.8, 4) is 0 Å². The van der Waals surface area contributed by atoms with E-state index in [0.717, 1.165) is 41.4 Å². The molecule has 2 unspecified atom stereocenters. The molecule has 0 bridgehead atoms. The Hall–Kier alpha value is -3.23. The first-order valence-corrected chi connectivity index (χ1v) is 13.3. The number of alkyl halides is 3. The highest BCUT2D eigenvalue weighted by molar-refractivity contribution is 7.89. The molecule has 4 rings (SSSR count). The number of ether oxygens (including phenoxy) is 1. The Bertz CT molecular complexity index is 1250. The first kappa shape index (κ1) is 27.8. The second-order valence-corrected chi connectivity index (χ2v) is 10.8. The standard InChI is InChI=1S/C24H26F4N4O5S/c25-17-5-7-18(8-6-17)30-23(34)31-11-12-32(21(15-31)22(33)29-14-19-2-1-13-37-19)38(35,36)20-9-3-16(4-10-20)24(26,27)28/h3-10,19,21H,1-2,11-15H2,(H,29,33)(H,30,34). The van der Waals surface area contributed by atoms with Crippen LogP contribution < -0.4 is 10.6 Å². The summed E-state index contributed by atoms with van der Waals surface area (Å²) in [6.45, 7) is 0.00582. The van der Waals surface area contributed by atoms with Gasteiger partial charge in [-0.2, -0.15) is 17.5 Å². The Morgan fingerprint density at radius 2 is 1.71 bits per heavy atom. The number of carbonyl (C=O) groups excluding carboxylic acids is 2. The van der Waals surface area contributed by atoms with Crippen LogP contribution in [0.5, 0.6) is 0 Å². The topological polar surface area (TPSA) is 108 Å². The maximum absolute atomic E-state index is 13.4. The number of rotatable bonds is 6. The number of amides is 3. The molecule has 14 heteroatoms. The molecule has 2 aromatic carbocycles. The van der Waals surface area contributed by atoms with Gasteiger partial charge in [-0.05, 0) is 61.4 Å². The normalized spacial score (nSPS) is 20.8. The summed E-state index contributed by atoms with van der Waals surface area (Å²) >= 11 is 0. The van der Waals surface area contributed by atoms with Crippen LogP contribution >= 0.6 is 0 Å². The lowest BCUT2D eigenvalue weighted by Gasteiger charge is -2.39. The molecule has 2 aromatic rings. The number of sulfonamides is 1. The third-order valence-corrected chi connectivity index (χ3v) is 8.26. The van der Waals surface area contributed by atoms with E-state index in [2.05, 4.69) is 10.6 Å². The number of piperazine rings is 1. The molecule has 2 aliphatic heterocycles. The molecular formula is C24H26F4N4O5S. The quantitative estimate of drug-likeness (QED) is 0.530. The minimum absolute atomic E-state index is 0.0948. The van der Waals surface area contributed by atoms with Gasteiger partial charge >= 0.3 is 12.2 Å². The summed E-state index contributed by atoms with van der Waals surface area (Å²) < 4.78 is 85.3. The molecule has 2 saturated heterocycles. The van der Waals surface area contributed by atoms with Gasteiger partial charge in [0.15, 0.2) is 0 Å². The summed E-state index contributed by atoms with van der Waals surface area (Å²) in [5.74, 6) is -1.16. The number of carbonyl (C=O) groups is 2. The van der Waals surface area contributed by atoms with Crippen LogP contribution in [0.25, 0.3) is 0 Å². The predicted octanol–water partition coefficient (Wildman–Crippen LogP) is 3.05. The summed E-state index contributed by atoms with van der Waals surface area (Å²) in [6.07, 6.45) is -3.31. The molecular weight excluding hydrogens is 532 g/mol. The van der Waals surface area contributed by atoms with Crippen molar-refractivity contribution in [2.75, 3.05) is 38.1 Å². The lowest BCUT2D eigenvalue weighted by atomic mass is 10.2. The molecule has 0 aromatic heterocycles. The molecule has 3 amide bonds. The highest BCUT2D eigenvalue weighted by Gasteiger charge is 2.42.